The van der Waals surface area contributed by atoms with Crippen LogP contribution in [0.15, 0.2) is 12.1 Å². The molecule has 1 aromatic carbocycles. The quantitative estimate of drug-likeness (QED) is 0.729. The summed E-state index contributed by atoms with van der Waals surface area (Å²) >= 11 is 0. The molecule has 66 valence electrons. The molecule has 1 aromatic rings. The standard InChI is InChI=1S/C9H12FNO/c1-6-3-7(10)4-9(12-2)8(6)5-11/h3-4H,5,11H2,1-2H3. The number of halogens is 1. The van der Waals surface area contributed by atoms with Gasteiger partial charge in [-0.15, -0.1) is 0 Å². The van der Waals surface area contributed by atoms with Crippen molar-refractivity contribution in [2.45, 2.75) is 13.5 Å². The molecule has 0 aliphatic heterocycles. The largest absolute Gasteiger partial charge is 0.496 e. The molecule has 2 nitrogen and oxygen atoms in total. The molecule has 0 heterocycles. The smallest absolute Gasteiger partial charge is 0.127 e. The van der Waals surface area contributed by atoms with E-state index in [1.165, 1.54) is 19.2 Å². The van der Waals surface area contributed by atoms with Crippen LogP contribution in [0.3, 0.4) is 0 Å². The number of aryl methyl sites for hydroxylation is 1. The molecule has 0 fully saturated rings. The Morgan fingerprint density at radius 2 is 2.17 bits per heavy atom. The predicted octanol–water partition coefficient (Wildman–Crippen LogP) is 1.60. The topological polar surface area (TPSA) is 35.2 Å². The summed E-state index contributed by atoms with van der Waals surface area (Å²) in [5.41, 5.74) is 7.16. The van der Waals surface area contributed by atoms with Gasteiger partial charge in [-0.05, 0) is 18.6 Å². The Bertz CT molecular complexity index is 286. The van der Waals surface area contributed by atoms with Gasteiger partial charge in [0, 0.05) is 18.2 Å². The lowest BCUT2D eigenvalue weighted by atomic mass is 10.1. The lowest BCUT2D eigenvalue weighted by molar-refractivity contribution is 0.405. The number of nitrogens with two attached hydrogens (primary N) is 1. The Labute approximate surface area is 71.1 Å². The molecule has 0 bridgehead atoms. The van der Waals surface area contributed by atoms with Gasteiger partial charge in [-0.2, -0.15) is 0 Å². The van der Waals surface area contributed by atoms with Gasteiger partial charge in [-0.3, -0.25) is 0 Å². The number of rotatable bonds is 2. The van der Waals surface area contributed by atoms with Crippen LogP contribution in [0, 0.1) is 12.7 Å². The number of ether oxygens (including phenoxy) is 1. The Hall–Kier alpha value is -1.09. The van der Waals surface area contributed by atoms with Gasteiger partial charge in [0.2, 0.25) is 0 Å². The van der Waals surface area contributed by atoms with Crippen LogP contribution in [-0.2, 0) is 6.54 Å². The molecule has 0 spiro atoms. The fourth-order valence-electron chi connectivity index (χ4n) is 1.19. The number of benzene rings is 1. The molecule has 0 aromatic heterocycles. The third-order valence-electron chi connectivity index (χ3n) is 1.82. The fraction of sp³-hybridized carbons (Fsp3) is 0.333. The molecule has 0 unspecified atom stereocenters. The Kier molecular flexibility index (Phi) is 2.65. The van der Waals surface area contributed by atoms with Crippen LogP contribution in [-0.4, -0.2) is 7.11 Å². The van der Waals surface area contributed by atoms with E-state index in [9.17, 15) is 4.39 Å². The summed E-state index contributed by atoms with van der Waals surface area (Å²) in [6.45, 7) is 2.18. The highest BCUT2D eigenvalue weighted by Gasteiger charge is 2.06. The zero-order valence-corrected chi connectivity index (χ0v) is 7.23. The van der Waals surface area contributed by atoms with Crippen molar-refractivity contribution in [3.05, 3.63) is 29.1 Å². The van der Waals surface area contributed by atoms with E-state index in [-0.39, 0.29) is 5.82 Å². The molecule has 0 aliphatic rings. The van der Waals surface area contributed by atoms with E-state index < -0.39 is 0 Å². The van der Waals surface area contributed by atoms with Gasteiger partial charge in [0.05, 0.1) is 7.11 Å². The van der Waals surface area contributed by atoms with Gasteiger partial charge in [-0.1, -0.05) is 0 Å². The lowest BCUT2D eigenvalue weighted by Gasteiger charge is -2.09. The molecule has 0 atom stereocenters. The van der Waals surface area contributed by atoms with E-state index in [0.717, 1.165) is 11.1 Å². The van der Waals surface area contributed by atoms with E-state index in [2.05, 4.69) is 0 Å². The minimum absolute atomic E-state index is 0.290. The van der Waals surface area contributed by atoms with E-state index in [1.807, 2.05) is 6.92 Å². The molecule has 3 heteroatoms. The average Bonchev–Trinajstić information content (AvgIpc) is 2.03. The van der Waals surface area contributed by atoms with E-state index in [0.29, 0.717) is 12.3 Å². The molecular weight excluding hydrogens is 157 g/mol. The third-order valence-corrected chi connectivity index (χ3v) is 1.82. The molecule has 2 N–H and O–H groups in total. The van der Waals surface area contributed by atoms with Crippen LogP contribution in [0.5, 0.6) is 5.75 Å². The minimum atomic E-state index is -0.290. The van der Waals surface area contributed by atoms with E-state index >= 15 is 0 Å². The van der Waals surface area contributed by atoms with Crippen molar-refractivity contribution in [2.75, 3.05) is 7.11 Å². The molecule has 0 aliphatic carbocycles. The van der Waals surface area contributed by atoms with Crippen molar-refractivity contribution < 1.29 is 9.13 Å². The van der Waals surface area contributed by atoms with Crippen molar-refractivity contribution in [1.82, 2.24) is 0 Å². The van der Waals surface area contributed by atoms with Crippen molar-refractivity contribution in [2.24, 2.45) is 5.73 Å². The van der Waals surface area contributed by atoms with Crippen molar-refractivity contribution in [1.29, 1.82) is 0 Å². The normalized spacial score (nSPS) is 10.0. The van der Waals surface area contributed by atoms with Crippen LogP contribution in [0.2, 0.25) is 0 Å². The van der Waals surface area contributed by atoms with Gasteiger partial charge in [0.15, 0.2) is 0 Å². The Balaban J connectivity index is 3.24. The Morgan fingerprint density at radius 3 is 2.67 bits per heavy atom. The Morgan fingerprint density at radius 1 is 1.50 bits per heavy atom. The highest BCUT2D eigenvalue weighted by atomic mass is 19.1. The lowest BCUT2D eigenvalue weighted by Crippen LogP contribution is -2.03. The third kappa shape index (κ3) is 1.56. The number of methoxy groups -OCH3 is 1. The second-order valence-electron chi connectivity index (χ2n) is 2.61. The average molecular weight is 169 g/mol. The molecule has 12 heavy (non-hydrogen) atoms. The van der Waals surface area contributed by atoms with Gasteiger partial charge in [-0.25, -0.2) is 4.39 Å². The summed E-state index contributed by atoms with van der Waals surface area (Å²) in [5.74, 6) is 0.233. The SMILES string of the molecule is COc1cc(F)cc(C)c1CN. The summed E-state index contributed by atoms with van der Waals surface area (Å²) in [5, 5.41) is 0. The summed E-state index contributed by atoms with van der Waals surface area (Å²) in [7, 11) is 1.51. The summed E-state index contributed by atoms with van der Waals surface area (Å²) in [6, 6.07) is 2.79. The minimum Gasteiger partial charge on any atom is -0.496 e. The molecule has 0 saturated carbocycles. The summed E-state index contributed by atoms with van der Waals surface area (Å²) < 4.78 is 17.8. The van der Waals surface area contributed by atoms with Crippen molar-refractivity contribution >= 4 is 0 Å². The highest BCUT2D eigenvalue weighted by Crippen LogP contribution is 2.22. The molecule has 0 amide bonds. The molecule has 1 rings (SSSR count). The maximum atomic E-state index is 12.8. The fourth-order valence-corrected chi connectivity index (χ4v) is 1.19. The molecule has 0 radical (unpaired) electrons. The van der Waals surface area contributed by atoms with Gasteiger partial charge in [0.1, 0.15) is 11.6 Å². The maximum absolute atomic E-state index is 12.8. The highest BCUT2D eigenvalue weighted by molar-refractivity contribution is 5.39. The number of hydrogen-bond acceptors (Lipinski definition) is 2. The van der Waals surface area contributed by atoms with Crippen LogP contribution in [0.1, 0.15) is 11.1 Å². The molecule has 0 saturated heterocycles. The van der Waals surface area contributed by atoms with Crippen molar-refractivity contribution in [3.63, 3.8) is 0 Å². The first-order chi connectivity index (χ1) is 5.69. The van der Waals surface area contributed by atoms with E-state index in [4.69, 9.17) is 10.5 Å². The van der Waals surface area contributed by atoms with Gasteiger partial charge >= 0.3 is 0 Å². The van der Waals surface area contributed by atoms with Crippen LogP contribution < -0.4 is 10.5 Å². The molecular formula is C9H12FNO. The van der Waals surface area contributed by atoms with Gasteiger partial charge in [0.25, 0.3) is 0 Å². The number of hydrogen-bond donors (Lipinski definition) is 1. The van der Waals surface area contributed by atoms with Crippen LogP contribution in [0.4, 0.5) is 4.39 Å². The first-order valence-electron chi connectivity index (χ1n) is 3.72. The predicted molar refractivity (Wildman–Crippen MR) is 45.6 cm³/mol. The van der Waals surface area contributed by atoms with E-state index in [1.54, 1.807) is 0 Å². The zero-order chi connectivity index (χ0) is 9.14. The second-order valence-corrected chi connectivity index (χ2v) is 2.61. The van der Waals surface area contributed by atoms with Crippen LogP contribution >= 0.6 is 0 Å². The van der Waals surface area contributed by atoms with Gasteiger partial charge < -0.3 is 10.5 Å². The monoisotopic (exact) mass is 169 g/mol. The first kappa shape index (κ1) is 9.00. The van der Waals surface area contributed by atoms with Crippen LogP contribution in [0.25, 0.3) is 0 Å². The summed E-state index contributed by atoms with van der Waals surface area (Å²) in [6.07, 6.45) is 0. The maximum Gasteiger partial charge on any atom is 0.127 e. The first-order valence-corrected chi connectivity index (χ1v) is 3.72. The zero-order valence-electron chi connectivity index (χ0n) is 7.23. The summed E-state index contributed by atoms with van der Waals surface area (Å²) in [4.78, 5) is 0. The van der Waals surface area contributed by atoms with Crippen molar-refractivity contribution in [3.8, 4) is 5.75 Å². The second kappa shape index (κ2) is 3.54.